The molecule has 1 aromatic carbocycles. The second-order valence-corrected chi connectivity index (χ2v) is 6.32. The van der Waals surface area contributed by atoms with Gasteiger partial charge in [-0.1, -0.05) is 69.4 Å². The first-order valence-electron chi connectivity index (χ1n) is 9.48. The number of aliphatic hydroxyl groups is 1. The number of hydrogen-bond donors (Lipinski definition) is 2. The van der Waals surface area contributed by atoms with Gasteiger partial charge in [-0.2, -0.15) is 0 Å². The van der Waals surface area contributed by atoms with E-state index < -0.39 is 6.10 Å². The number of carbonyl (C=O) groups is 1. The summed E-state index contributed by atoms with van der Waals surface area (Å²) < 4.78 is 4.99. The Morgan fingerprint density at radius 3 is 2.56 bits per heavy atom. The Hall–Kier alpha value is -1.81. The minimum absolute atomic E-state index is 0.348. The fourth-order valence-corrected chi connectivity index (χ4v) is 2.66. The van der Waals surface area contributed by atoms with Gasteiger partial charge in [-0.25, -0.2) is 4.79 Å². The van der Waals surface area contributed by atoms with Crippen LogP contribution in [-0.2, 0) is 16.1 Å². The quantitative estimate of drug-likeness (QED) is 0.317. The lowest BCUT2D eigenvalue weighted by Crippen LogP contribution is -2.20. The van der Waals surface area contributed by atoms with E-state index in [2.05, 4.69) is 12.2 Å². The monoisotopic (exact) mass is 347 g/mol. The lowest BCUT2D eigenvalue weighted by Gasteiger charge is -2.16. The van der Waals surface area contributed by atoms with Crippen molar-refractivity contribution in [3.8, 4) is 0 Å². The van der Waals surface area contributed by atoms with Gasteiger partial charge in [-0.15, -0.1) is 0 Å². The van der Waals surface area contributed by atoms with E-state index in [1.165, 1.54) is 25.3 Å². The van der Waals surface area contributed by atoms with Gasteiger partial charge in [-0.3, -0.25) is 0 Å². The fourth-order valence-electron chi connectivity index (χ4n) is 2.66. The van der Waals surface area contributed by atoms with Gasteiger partial charge in [0.2, 0.25) is 0 Å². The van der Waals surface area contributed by atoms with Crippen molar-refractivity contribution in [2.24, 2.45) is 0 Å². The van der Waals surface area contributed by atoms with Crippen LogP contribution in [0.15, 0.2) is 42.1 Å². The van der Waals surface area contributed by atoms with E-state index in [-0.39, 0.29) is 5.97 Å². The maximum atomic E-state index is 11.8. The van der Waals surface area contributed by atoms with Crippen LogP contribution in [0.2, 0.25) is 0 Å². The van der Waals surface area contributed by atoms with Crippen molar-refractivity contribution in [3.05, 3.63) is 47.7 Å². The third kappa shape index (κ3) is 10.6. The number of rotatable bonds is 13. The summed E-state index contributed by atoms with van der Waals surface area (Å²) in [5.74, 6) is -0.367. The summed E-state index contributed by atoms with van der Waals surface area (Å²) in [6.07, 6.45) is 8.10. The SMILES string of the molecule is CCCCCCCC(O)CC(=CC(=O)OCC)NCc1ccccc1. The molecule has 0 amide bonds. The minimum Gasteiger partial charge on any atom is -0.463 e. The Balaban J connectivity index is 2.51. The molecule has 140 valence electrons. The van der Waals surface area contributed by atoms with E-state index in [4.69, 9.17) is 4.74 Å². The van der Waals surface area contributed by atoms with Gasteiger partial charge < -0.3 is 15.2 Å². The van der Waals surface area contributed by atoms with Gasteiger partial charge in [0.25, 0.3) is 0 Å². The Morgan fingerprint density at radius 2 is 1.88 bits per heavy atom. The van der Waals surface area contributed by atoms with Crippen molar-refractivity contribution in [2.45, 2.75) is 71.4 Å². The maximum Gasteiger partial charge on any atom is 0.332 e. The van der Waals surface area contributed by atoms with Crippen LogP contribution in [0, 0.1) is 0 Å². The van der Waals surface area contributed by atoms with E-state index in [0.717, 1.165) is 30.5 Å². The van der Waals surface area contributed by atoms with Crippen LogP contribution < -0.4 is 5.32 Å². The Labute approximate surface area is 152 Å². The van der Waals surface area contributed by atoms with Gasteiger partial charge in [-0.05, 0) is 18.9 Å². The zero-order valence-corrected chi connectivity index (χ0v) is 15.7. The first kappa shape index (κ1) is 21.2. The topological polar surface area (TPSA) is 58.6 Å². The summed E-state index contributed by atoms with van der Waals surface area (Å²) in [4.78, 5) is 11.8. The first-order chi connectivity index (χ1) is 12.2. The van der Waals surface area contributed by atoms with E-state index in [9.17, 15) is 9.90 Å². The predicted octanol–water partition coefficient (Wildman–Crippen LogP) is 4.33. The molecule has 0 radical (unpaired) electrons. The Bertz CT molecular complexity index is 499. The first-order valence-corrected chi connectivity index (χ1v) is 9.48. The van der Waals surface area contributed by atoms with Crippen LogP contribution in [0.3, 0.4) is 0 Å². The third-order valence-corrected chi connectivity index (χ3v) is 4.04. The van der Waals surface area contributed by atoms with Crippen molar-refractivity contribution in [1.29, 1.82) is 0 Å². The van der Waals surface area contributed by atoms with Crippen LogP contribution in [0.4, 0.5) is 0 Å². The molecule has 2 N–H and O–H groups in total. The van der Waals surface area contributed by atoms with E-state index in [0.29, 0.717) is 19.6 Å². The van der Waals surface area contributed by atoms with Gasteiger partial charge in [0.1, 0.15) is 0 Å². The molecule has 0 aliphatic rings. The molecule has 0 saturated heterocycles. The molecule has 1 atom stereocenters. The number of hydrogen-bond acceptors (Lipinski definition) is 4. The third-order valence-electron chi connectivity index (χ3n) is 4.04. The van der Waals surface area contributed by atoms with Gasteiger partial charge in [0, 0.05) is 24.7 Å². The molecular weight excluding hydrogens is 314 g/mol. The summed E-state index contributed by atoms with van der Waals surface area (Å²) in [5.41, 5.74) is 1.86. The number of esters is 1. The molecular formula is C21H33NO3. The highest BCUT2D eigenvalue weighted by Gasteiger charge is 2.10. The summed E-state index contributed by atoms with van der Waals surface area (Å²) in [6.45, 7) is 4.95. The molecule has 1 unspecified atom stereocenters. The summed E-state index contributed by atoms with van der Waals surface area (Å²) in [7, 11) is 0. The van der Waals surface area contributed by atoms with Crippen molar-refractivity contribution >= 4 is 5.97 Å². The Kier molecular flexibility index (Phi) is 11.4. The van der Waals surface area contributed by atoms with Crippen LogP contribution in [0.1, 0.15) is 64.4 Å². The molecule has 1 rings (SSSR count). The molecule has 0 spiro atoms. The van der Waals surface area contributed by atoms with Crippen LogP contribution in [-0.4, -0.2) is 23.8 Å². The number of carbonyl (C=O) groups excluding carboxylic acids is 1. The largest absolute Gasteiger partial charge is 0.463 e. The molecule has 0 saturated carbocycles. The molecule has 0 fully saturated rings. The van der Waals surface area contributed by atoms with Crippen molar-refractivity contribution in [1.82, 2.24) is 5.32 Å². The standard InChI is InChI=1S/C21H33NO3/c1-3-5-6-7-11-14-20(23)15-19(16-21(24)25-4-2)22-17-18-12-9-8-10-13-18/h8-10,12-13,16,20,22-23H,3-7,11,14-15,17H2,1-2H3. The number of nitrogens with one attached hydrogen (secondary N) is 1. The summed E-state index contributed by atoms with van der Waals surface area (Å²) >= 11 is 0. The zero-order chi connectivity index (χ0) is 18.3. The van der Waals surface area contributed by atoms with Gasteiger partial charge >= 0.3 is 5.97 Å². The zero-order valence-electron chi connectivity index (χ0n) is 15.7. The lowest BCUT2D eigenvalue weighted by atomic mass is 10.0. The molecule has 0 aromatic heterocycles. The second-order valence-electron chi connectivity index (χ2n) is 6.32. The molecule has 0 aliphatic carbocycles. The predicted molar refractivity (Wildman–Crippen MR) is 102 cm³/mol. The summed E-state index contributed by atoms with van der Waals surface area (Å²) in [5, 5.41) is 13.6. The van der Waals surface area contributed by atoms with Crippen LogP contribution >= 0.6 is 0 Å². The number of aliphatic hydroxyl groups excluding tert-OH is 1. The number of ether oxygens (including phenoxy) is 1. The van der Waals surface area contributed by atoms with Crippen LogP contribution in [0.25, 0.3) is 0 Å². The van der Waals surface area contributed by atoms with E-state index in [1.54, 1.807) is 6.92 Å². The highest BCUT2D eigenvalue weighted by atomic mass is 16.5. The highest BCUT2D eigenvalue weighted by molar-refractivity contribution is 5.82. The van der Waals surface area contributed by atoms with Gasteiger partial charge in [0.05, 0.1) is 12.7 Å². The lowest BCUT2D eigenvalue weighted by molar-refractivity contribution is -0.137. The van der Waals surface area contributed by atoms with Crippen LogP contribution in [0.5, 0.6) is 0 Å². The smallest absolute Gasteiger partial charge is 0.332 e. The molecule has 0 aliphatic heterocycles. The summed E-state index contributed by atoms with van der Waals surface area (Å²) in [6, 6.07) is 9.99. The highest BCUT2D eigenvalue weighted by Crippen LogP contribution is 2.13. The second kappa shape index (κ2) is 13.5. The molecule has 4 heteroatoms. The number of unbranched alkanes of at least 4 members (excludes halogenated alkanes) is 4. The molecule has 1 aromatic rings. The average Bonchev–Trinajstić information content (AvgIpc) is 2.60. The number of benzene rings is 1. The molecule has 0 heterocycles. The van der Waals surface area contributed by atoms with Crippen molar-refractivity contribution in [3.63, 3.8) is 0 Å². The van der Waals surface area contributed by atoms with Gasteiger partial charge in [0.15, 0.2) is 0 Å². The van der Waals surface area contributed by atoms with E-state index in [1.807, 2.05) is 30.3 Å². The minimum atomic E-state index is -0.439. The van der Waals surface area contributed by atoms with Crippen molar-refractivity contribution in [2.75, 3.05) is 6.61 Å². The Morgan fingerprint density at radius 1 is 1.16 bits per heavy atom. The average molecular weight is 347 g/mol. The molecule has 0 bridgehead atoms. The van der Waals surface area contributed by atoms with Crippen molar-refractivity contribution < 1.29 is 14.6 Å². The molecule has 4 nitrogen and oxygen atoms in total. The van der Waals surface area contributed by atoms with E-state index >= 15 is 0 Å². The normalized spacial score (nSPS) is 12.7. The fraction of sp³-hybridized carbons (Fsp3) is 0.571. The maximum absolute atomic E-state index is 11.8. The molecule has 25 heavy (non-hydrogen) atoms.